The summed E-state index contributed by atoms with van der Waals surface area (Å²) in [5, 5.41) is 4.34. The van der Waals surface area contributed by atoms with Crippen molar-refractivity contribution in [1.82, 2.24) is 14.7 Å². The average Bonchev–Trinajstić information content (AvgIpc) is 2.83. The number of nitrogens with zero attached hydrogens (tertiary/aromatic N) is 4. The number of carbonyl (C=O) groups excluding carboxylic acids is 1. The van der Waals surface area contributed by atoms with Gasteiger partial charge in [-0.1, -0.05) is 6.92 Å². The first kappa shape index (κ1) is 17.5. The number of aromatic nitrogens is 2. The highest BCUT2D eigenvalue weighted by atomic mass is 19.1. The van der Waals surface area contributed by atoms with Crippen LogP contribution in [0.4, 0.5) is 10.1 Å². The van der Waals surface area contributed by atoms with E-state index in [1.807, 2.05) is 16.5 Å². The van der Waals surface area contributed by atoms with Crippen molar-refractivity contribution >= 4 is 11.6 Å². The first-order valence-electron chi connectivity index (χ1n) is 8.92. The largest absolute Gasteiger partial charge is 0.370 e. The van der Waals surface area contributed by atoms with Crippen LogP contribution in [-0.4, -0.2) is 46.8 Å². The van der Waals surface area contributed by atoms with Gasteiger partial charge in [0, 0.05) is 44.1 Å². The molecule has 0 aliphatic carbocycles. The topological polar surface area (TPSA) is 41.4 Å². The number of halogens is 1. The molecule has 0 atom stereocenters. The van der Waals surface area contributed by atoms with Crippen molar-refractivity contribution in [2.24, 2.45) is 0 Å². The highest BCUT2D eigenvalue weighted by Crippen LogP contribution is 2.19. The maximum Gasteiger partial charge on any atom is 0.257 e. The molecule has 1 aromatic carbocycles. The standard InChI is InChI=1S/C19H25FN4O/c1-3-9-24-15(2)18(14-21-24)19(25)23-11-4-10-22(12-13-23)17-7-5-16(20)6-8-17/h5-8,14H,3-4,9-13H2,1-2H3. The molecule has 25 heavy (non-hydrogen) atoms. The number of anilines is 1. The third-order valence-electron chi connectivity index (χ3n) is 4.74. The Bertz CT molecular complexity index is 726. The van der Waals surface area contributed by atoms with Gasteiger partial charge in [0.1, 0.15) is 5.82 Å². The minimum atomic E-state index is -0.227. The zero-order chi connectivity index (χ0) is 17.8. The van der Waals surface area contributed by atoms with Crippen molar-refractivity contribution in [2.75, 3.05) is 31.1 Å². The van der Waals surface area contributed by atoms with E-state index in [2.05, 4.69) is 16.9 Å². The summed E-state index contributed by atoms with van der Waals surface area (Å²) < 4.78 is 15.0. The van der Waals surface area contributed by atoms with Crippen molar-refractivity contribution in [3.05, 3.63) is 47.5 Å². The Hall–Kier alpha value is -2.37. The Morgan fingerprint density at radius 2 is 1.92 bits per heavy atom. The summed E-state index contributed by atoms with van der Waals surface area (Å²) in [6.45, 7) is 7.89. The first-order valence-corrected chi connectivity index (χ1v) is 8.92. The van der Waals surface area contributed by atoms with E-state index in [9.17, 15) is 9.18 Å². The fourth-order valence-corrected chi connectivity index (χ4v) is 3.29. The molecule has 3 rings (SSSR count). The molecular weight excluding hydrogens is 319 g/mol. The minimum absolute atomic E-state index is 0.0563. The van der Waals surface area contributed by atoms with Crippen molar-refractivity contribution in [3.63, 3.8) is 0 Å². The molecule has 1 fully saturated rings. The lowest BCUT2D eigenvalue weighted by Crippen LogP contribution is -2.35. The van der Waals surface area contributed by atoms with E-state index in [1.165, 1.54) is 12.1 Å². The molecule has 1 amide bonds. The van der Waals surface area contributed by atoms with Gasteiger partial charge in [-0.2, -0.15) is 5.10 Å². The number of carbonyl (C=O) groups is 1. The second-order valence-electron chi connectivity index (χ2n) is 6.48. The quantitative estimate of drug-likeness (QED) is 0.856. The molecule has 0 unspecified atom stereocenters. The van der Waals surface area contributed by atoms with Gasteiger partial charge in [0.15, 0.2) is 0 Å². The van der Waals surface area contributed by atoms with E-state index < -0.39 is 0 Å². The van der Waals surface area contributed by atoms with Crippen molar-refractivity contribution in [3.8, 4) is 0 Å². The van der Waals surface area contributed by atoms with Gasteiger partial charge >= 0.3 is 0 Å². The maximum atomic E-state index is 13.1. The normalized spacial score (nSPS) is 15.3. The van der Waals surface area contributed by atoms with E-state index in [0.29, 0.717) is 12.1 Å². The molecular formula is C19H25FN4O. The predicted molar refractivity (Wildman–Crippen MR) is 96.4 cm³/mol. The van der Waals surface area contributed by atoms with E-state index in [4.69, 9.17) is 0 Å². The molecule has 2 aromatic rings. The summed E-state index contributed by atoms with van der Waals surface area (Å²) in [5.41, 5.74) is 2.64. The Morgan fingerprint density at radius 1 is 1.16 bits per heavy atom. The maximum absolute atomic E-state index is 13.1. The Labute approximate surface area is 148 Å². The lowest BCUT2D eigenvalue weighted by atomic mass is 10.2. The van der Waals surface area contributed by atoms with Crippen LogP contribution in [0.25, 0.3) is 0 Å². The average molecular weight is 344 g/mol. The number of benzene rings is 1. The molecule has 0 radical (unpaired) electrons. The summed E-state index contributed by atoms with van der Waals surface area (Å²) >= 11 is 0. The highest BCUT2D eigenvalue weighted by molar-refractivity contribution is 5.95. The number of aryl methyl sites for hydroxylation is 1. The molecule has 0 bridgehead atoms. The molecule has 6 heteroatoms. The van der Waals surface area contributed by atoms with E-state index in [0.717, 1.165) is 50.4 Å². The van der Waals surface area contributed by atoms with Crippen LogP contribution in [0.3, 0.4) is 0 Å². The summed E-state index contributed by atoms with van der Waals surface area (Å²) in [7, 11) is 0. The van der Waals surface area contributed by atoms with Gasteiger partial charge in [-0.25, -0.2) is 4.39 Å². The summed E-state index contributed by atoms with van der Waals surface area (Å²) in [6, 6.07) is 6.56. The van der Waals surface area contributed by atoms with Gasteiger partial charge in [-0.05, 0) is 44.0 Å². The molecule has 0 spiro atoms. The summed E-state index contributed by atoms with van der Waals surface area (Å²) in [4.78, 5) is 17.0. The number of rotatable bonds is 4. The Balaban J connectivity index is 1.68. The SMILES string of the molecule is CCCn1ncc(C(=O)N2CCCN(c3ccc(F)cc3)CC2)c1C. The molecule has 1 aromatic heterocycles. The van der Waals surface area contributed by atoms with Gasteiger partial charge in [0.2, 0.25) is 0 Å². The van der Waals surface area contributed by atoms with Crippen molar-refractivity contribution in [1.29, 1.82) is 0 Å². The van der Waals surface area contributed by atoms with E-state index in [1.54, 1.807) is 18.3 Å². The van der Waals surface area contributed by atoms with Gasteiger partial charge < -0.3 is 9.80 Å². The zero-order valence-electron chi connectivity index (χ0n) is 14.9. The van der Waals surface area contributed by atoms with E-state index in [-0.39, 0.29) is 11.7 Å². The highest BCUT2D eigenvalue weighted by Gasteiger charge is 2.23. The van der Waals surface area contributed by atoms with E-state index >= 15 is 0 Å². The summed E-state index contributed by atoms with van der Waals surface area (Å²) in [5.74, 6) is -0.171. The molecule has 2 heterocycles. The van der Waals surface area contributed by atoms with Crippen molar-refractivity contribution in [2.45, 2.75) is 33.2 Å². The monoisotopic (exact) mass is 344 g/mol. The molecule has 5 nitrogen and oxygen atoms in total. The molecule has 1 aliphatic rings. The number of hydrogen-bond donors (Lipinski definition) is 0. The lowest BCUT2D eigenvalue weighted by molar-refractivity contribution is 0.0766. The van der Waals surface area contributed by atoms with Crippen molar-refractivity contribution < 1.29 is 9.18 Å². The van der Waals surface area contributed by atoms with Crippen LogP contribution in [0.5, 0.6) is 0 Å². The molecule has 1 saturated heterocycles. The Morgan fingerprint density at radius 3 is 2.64 bits per heavy atom. The summed E-state index contributed by atoms with van der Waals surface area (Å²) in [6.07, 6.45) is 3.58. The Kier molecular flexibility index (Phi) is 5.36. The van der Waals surface area contributed by atoms with Crippen LogP contribution in [-0.2, 0) is 6.54 Å². The molecule has 134 valence electrons. The van der Waals surface area contributed by atoms with Gasteiger partial charge in [-0.15, -0.1) is 0 Å². The predicted octanol–water partition coefficient (Wildman–Crippen LogP) is 3.09. The van der Waals surface area contributed by atoms with Gasteiger partial charge in [-0.3, -0.25) is 9.48 Å². The van der Waals surface area contributed by atoms with Gasteiger partial charge in [0.05, 0.1) is 11.8 Å². The van der Waals surface area contributed by atoms with Crippen LogP contribution in [0.2, 0.25) is 0 Å². The first-order chi connectivity index (χ1) is 12.1. The number of amides is 1. The lowest BCUT2D eigenvalue weighted by Gasteiger charge is -2.23. The van der Waals surface area contributed by atoms with Gasteiger partial charge in [0.25, 0.3) is 5.91 Å². The third-order valence-corrected chi connectivity index (χ3v) is 4.74. The fourth-order valence-electron chi connectivity index (χ4n) is 3.29. The second-order valence-corrected chi connectivity index (χ2v) is 6.48. The zero-order valence-corrected chi connectivity index (χ0v) is 14.9. The fraction of sp³-hybridized carbons (Fsp3) is 0.474. The van der Waals surface area contributed by atoms with Crippen LogP contribution in [0.1, 0.15) is 35.8 Å². The van der Waals surface area contributed by atoms with Crippen LogP contribution in [0.15, 0.2) is 30.5 Å². The molecule has 0 N–H and O–H groups in total. The van der Waals surface area contributed by atoms with Crippen LogP contribution >= 0.6 is 0 Å². The van der Waals surface area contributed by atoms with Crippen LogP contribution < -0.4 is 4.90 Å². The molecule has 1 aliphatic heterocycles. The smallest absolute Gasteiger partial charge is 0.257 e. The number of hydrogen-bond acceptors (Lipinski definition) is 3. The second kappa shape index (κ2) is 7.68. The third kappa shape index (κ3) is 3.83. The minimum Gasteiger partial charge on any atom is -0.370 e. The molecule has 0 saturated carbocycles. The van der Waals surface area contributed by atoms with Crippen LogP contribution in [0, 0.1) is 12.7 Å².